The zero-order valence-electron chi connectivity index (χ0n) is 11.0. The molecule has 0 spiro atoms. The van der Waals surface area contributed by atoms with E-state index in [2.05, 4.69) is 11.8 Å². The third-order valence-electron chi connectivity index (χ3n) is 3.65. The SMILES string of the molecule is CC1CCN(CCC(=O)C(C)(C)C)C1CO. The Morgan fingerprint density at radius 1 is 1.44 bits per heavy atom. The minimum atomic E-state index is -0.236. The van der Waals surface area contributed by atoms with Gasteiger partial charge in [0.05, 0.1) is 6.61 Å². The van der Waals surface area contributed by atoms with Crippen molar-refractivity contribution in [3.63, 3.8) is 0 Å². The van der Waals surface area contributed by atoms with Crippen LogP contribution < -0.4 is 0 Å². The quantitative estimate of drug-likeness (QED) is 0.794. The predicted molar refractivity (Wildman–Crippen MR) is 65.3 cm³/mol. The average Bonchev–Trinajstić information content (AvgIpc) is 2.54. The minimum Gasteiger partial charge on any atom is -0.395 e. The molecule has 1 aliphatic heterocycles. The van der Waals surface area contributed by atoms with Gasteiger partial charge in [0, 0.05) is 24.4 Å². The topological polar surface area (TPSA) is 40.5 Å². The van der Waals surface area contributed by atoms with Gasteiger partial charge in [-0.2, -0.15) is 0 Å². The fourth-order valence-electron chi connectivity index (χ4n) is 2.28. The predicted octanol–water partition coefficient (Wildman–Crippen LogP) is 1.69. The molecule has 0 radical (unpaired) electrons. The highest BCUT2D eigenvalue weighted by Gasteiger charge is 2.31. The smallest absolute Gasteiger partial charge is 0.139 e. The number of aliphatic hydroxyl groups excluding tert-OH is 1. The maximum Gasteiger partial charge on any atom is 0.139 e. The number of carbonyl (C=O) groups excluding carboxylic acids is 1. The van der Waals surface area contributed by atoms with Crippen LogP contribution in [0.5, 0.6) is 0 Å². The average molecular weight is 227 g/mol. The molecular formula is C13H25NO2. The number of carbonyl (C=O) groups is 1. The maximum absolute atomic E-state index is 11.8. The Bertz CT molecular complexity index is 245. The Hall–Kier alpha value is -0.410. The lowest BCUT2D eigenvalue weighted by Gasteiger charge is -2.26. The monoisotopic (exact) mass is 227 g/mol. The van der Waals surface area contributed by atoms with Gasteiger partial charge in [0.1, 0.15) is 5.78 Å². The molecule has 0 saturated carbocycles. The zero-order valence-corrected chi connectivity index (χ0v) is 11.0. The molecule has 1 aliphatic rings. The number of ketones is 1. The molecule has 2 atom stereocenters. The van der Waals surface area contributed by atoms with Crippen LogP contribution in [0.15, 0.2) is 0 Å². The molecular weight excluding hydrogens is 202 g/mol. The van der Waals surface area contributed by atoms with Crippen molar-refractivity contribution in [1.82, 2.24) is 4.90 Å². The zero-order chi connectivity index (χ0) is 12.3. The third kappa shape index (κ3) is 3.29. The number of aliphatic hydroxyl groups is 1. The molecule has 0 aromatic heterocycles. The van der Waals surface area contributed by atoms with E-state index in [1.807, 2.05) is 20.8 Å². The second kappa shape index (κ2) is 5.28. The van der Waals surface area contributed by atoms with Crippen LogP contribution in [0.1, 0.15) is 40.5 Å². The van der Waals surface area contributed by atoms with E-state index in [1.54, 1.807) is 0 Å². The Morgan fingerprint density at radius 3 is 2.56 bits per heavy atom. The van der Waals surface area contributed by atoms with Gasteiger partial charge in [-0.25, -0.2) is 0 Å². The van der Waals surface area contributed by atoms with E-state index in [-0.39, 0.29) is 18.1 Å². The van der Waals surface area contributed by atoms with Gasteiger partial charge in [-0.3, -0.25) is 9.69 Å². The number of nitrogens with zero attached hydrogens (tertiary/aromatic N) is 1. The maximum atomic E-state index is 11.8. The highest BCUT2D eigenvalue weighted by atomic mass is 16.3. The highest BCUT2D eigenvalue weighted by molar-refractivity contribution is 5.83. The second-order valence-corrected chi connectivity index (χ2v) is 5.98. The summed E-state index contributed by atoms with van der Waals surface area (Å²) in [5.74, 6) is 0.860. The van der Waals surface area contributed by atoms with E-state index in [1.165, 1.54) is 0 Å². The summed E-state index contributed by atoms with van der Waals surface area (Å²) in [5.41, 5.74) is -0.236. The van der Waals surface area contributed by atoms with Gasteiger partial charge < -0.3 is 5.11 Å². The van der Waals surface area contributed by atoms with Crippen LogP contribution in [-0.4, -0.2) is 41.5 Å². The summed E-state index contributed by atoms with van der Waals surface area (Å²) in [6.45, 7) is 10.1. The van der Waals surface area contributed by atoms with Crippen LogP contribution >= 0.6 is 0 Å². The largest absolute Gasteiger partial charge is 0.395 e. The van der Waals surface area contributed by atoms with E-state index in [0.29, 0.717) is 18.1 Å². The van der Waals surface area contributed by atoms with Crippen molar-refractivity contribution < 1.29 is 9.90 Å². The third-order valence-corrected chi connectivity index (χ3v) is 3.65. The van der Waals surface area contributed by atoms with E-state index in [4.69, 9.17) is 0 Å². The molecule has 0 aromatic carbocycles. The summed E-state index contributed by atoms with van der Waals surface area (Å²) < 4.78 is 0. The molecule has 3 heteroatoms. The van der Waals surface area contributed by atoms with Gasteiger partial charge >= 0.3 is 0 Å². The molecule has 2 unspecified atom stereocenters. The van der Waals surface area contributed by atoms with E-state index < -0.39 is 0 Å². The van der Waals surface area contributed by atoms with Crippen molar-refractivity contribution in [2.24, 2.45) is 11.3 Å². The molecule has 0 aromatic rings. The lowest BCUT2D eigenvalue weighted by atomic mass is 9.89. The summed E-state index contributed by atoms with van der Waals surface area (Å²) in [7, 11) is 0. The van der Waals surface area contributed by atoms with Gasteiger partial charge in [0.15, 0.2) is 0 Å². The van der Waals surface area contributed by atoms with Crippen LogP contribution in [0.3, 0.4) is 0 Å². The summed E-state index contributed by atoms with van der Waals surface area (Å²) in [4.78, 5) is 14.1. The van der Waals surface area contributed by atoms with Gasteiger partial charge in [0.25, 0.3) is 0 Å². The van der Waals surface area contributed by atoms with Gasteiger partial charge in [-0.05, 0) is 18.9 Å². The Kier molecular flexibility index (Phi) is 4.51. The molecule has 1 heterocycles. The van der Waals surface area contributed by atoms with Crippen molar-refractivity contribution in [3.8, 4) is 0 Å². The van der Waals surface area contributed by atoms with Crippen LogP contribution in [-0.2, 0) is 4.79 Å². The molecule has 1 saturated heterocycles. The van der Waals surface area contributed by atoms with Crippen molar-refractivity contribution in [1.29, 1.82) is 0 Å². The first-order chi connectivity index (χ1) is 7.36. The number of rotatable bonds is 4. The molecule has 1 fully saturated rings. The number of likely N-dealkylation sites (tertiary alicyclic amines) is 1. The molecule has 94 valence electrons. The van der Waals surface area contributed by atoms with Gasteiger partial charge in [-0.15, -0.1) is 0 Å². The summed E-state index contributed by atoms with van der Waals surface area (Å²) in [5, 5.41) is 9.31. The molecule has 3 nitrogen and oxygen atoms in total. The van der Waals surface area contributed by atoms with Gasteiger partial charge in [-0.1, -0.05) is 27.7 Å². The molecule has 1 rings (SSSR count). The first-order valence-electron chi connectivity index (χ1n) is 6.24. The number of Topliss-reactive ketones (excluding diaryl/α,β-unsaturated/α-hetero) is 1. The van der Waals surface area contributed by atoms with Crippen molar-refractivity contribution in [2.45, 2.75) is 46.6 Å². The molecule has 1 N–H and O–H groups in total. The fourth-order valence-corrected chi connectivity index (χ4v) is 2.28. The first kappa shape index (κ1) is 13.7. The molecule has 0 amide bonds. The van der Waals surface area contributed by atoms with Crippen LogP contribution in [0.25, 0.3) is 0 Å². The van der Waals surface area contributed by atoms with Gasteiger partial charge in [0.2, 0.25) is 0 Å². The van der Waals surface area contributed by atoms with Crippen molar-refractivity contribution in [2.75, 3.05) is 19.7 Å². The Balaban J connectivity index is 2.41. The van der Waals surface area contributed by atoms with Crippen molar-refractivity contribution >= 4 is 5.78 Å². The minimum absolute atomic E-state index is 0.213. The van der Waals surface area contributed by atoms with Crippen LogP contribution in [0, 0.1) is 11.3 Å². The lowest BCUT2D eigenvalue weighted by Crippen LogP contribution is -2.37. The Morgan fingerprint density at radius 2 is 2.06 bits per heavy atom. The first-order valence-corrected chi connectivity index (χ1v) is 6.24. The summed E-state index contributed by atoms with van der Waals surface area (Å²) in [6.07, 6.45) is 1.74. The number of hydrogen-bond donors (Lipinski definition) is 1. The van der Waals surface area contributed by atoms with Crippen LogP contribution in [0.4, 0.5) is 0 Å². The fraction of sp³-hybridized carbons (Fsp3) is 0.923. The number of hydrogen-bond acceptors (Lipinski definition) is 3. The van der Waals surface area contributed by atoms with E-state index in [9.17, 15) is 9.90 Å². The normalized spacial score (nSPS) is 27.3. The standard InChI is InChI=1S/C13H25NO2/c1-10-5-7-14(11(10)9-15)8-6-12(16)13(2,3)4/h10-11,15H,5-9H2,1-4H3. The molecule has 0 aliphatic carbocycles. The van der Waals surface area contributed by atoms with Crippen LogP contribution in [0.2, 0.25) is 0 Å². The summed E-state index contributed by atoms with van der Waals surface area (Å²) >= 11 is 0. The van der Waals surface area contributed by atoms with E-state index >= 15 is 0 Å². The second-order valence-electron chi connectivity index (χ2n) is 5.98. The van der Waals surface area contributed by atoms with E-state index in [0.717, 1.165) is 19.5 Å². The molecule has 0 bridgehead atoms. The van der Waals surface area contributed by atoms with Crippen molar-refractivity contribution in [3.05, 3.63) is 0 Å². The highest BCUT2D eigenvalue weighted by Crippen LogP contribution is 2.24. The Labute approximate surface area is 98.8 Å². The lowest BCUT2D eigenvalue weighted by molar-refractivity contribution is -0.126. The molecule has 16 heavy (non-hydrogen) atoms. The summed E-state index contributed by atoms with van der Waals surface area (Å²) in [6, 6.07) is 0.257.